The van der Waals surface area contributed by atoms with Gasteiger partial charge in [-0.1, -0.05) is 45.0 Å². The van der Waals surface area contributed by atoms with Crippen molar-refractivity contribution in [2.45, 2.75) is 58.3 Å². The molecule has 0 unspecified atom stereocenters. The molecule has 0 atom stereocenters. The standard InChI is InChI=1S/C28H32FN5O4/c1-18(11-12-29)25(35)34(13-7-5-6-8-24-32-26(38-33-24)28(2,3)4)21-14-20(16-30-17-21)19-9-10-22-23(15-19)37-27(36)31-22/h9-10,14-17H,1,5-8,11-13H2,2-4H3,(H,31,36). The first kappa shape index (κ1) is 27.0. The van der Waals surface area contributed by atoms with E-state index in [0.29, 0.717) is 47.9 Å². The van der Waals surface area contributed by atoms with Crippen LogP contribution in [0.15, 0.2) is 62.5 Å². The summed E-state index contributed by atoms with van der Waals surface area (Å²) in [6, 6.07) is 7.17. The zero-order chi connectivity index (χ0) is 27.3. The van der Waals surface area contributed by atoms with E-state index >= 15 is 0 Å². The molecule has 10 heteroatoms. The Bertz CT molecular complexity index is 1480. The van der Waals surface area contributed by atoms with Crippen molar-refractivity contribution in [3.8, 4) is 11.1 Å². The van der Waals surface area contributed by atoms with Crippen LogP contribution < -0.4 is 10.7 Å². The van der Waals surface area contributed by atoms with E-state index in [1.807, 2.05) is 32.9 Å². The number of hydrogen-bond donors (Lipinski definition) is 1. The summed E-state index contributed by atoms with van der Waals surface area (Å²) in [5.74, 6) is 0.426. The van der Waals surface area contributed by atoms with Gasteiger partial charge >= 0.3 is 5.76 Å². The average molecular weight is 522 g/mol. The molecule has 0 radical (unpaired) electrons. The molecule has 1 N–H and O–H groups in total. The number of nitrogens with zero attached hydrogens (tertiary/aromatic N) is 4. The number of alkyl halides is 1. The Morgan fingerprint density at radius 1 is 1.13 bits per heavy atom. The van der Waals surface area contributed by atoms with Crippen LogP contribution in [0.5, 0.6) is 0 Å². The molecule has 0 saturated carbocycles. The predicted octanol–water partition coefficient (Wildman–Crippen LogP) is 5.53. The van der Waals surface area contributed by atoms with Crippen molar-refractivity contribution in [1.29, 1.82) is 0 Å². The largest absolute Gasteiger partial charge is 0.417 e. The van der Waals surface area contributed by atoms with Gasteiger partial charge in [0.1, 0.15) is 0 Å². The van der Waals surface area contributed by atoms with Crippen molar-refractivity contribution >= 4 is 22.7 Å². The van der Waals surface area contributed by atoms with E-state index in [-0.39, 0.29) is 23.3 Å². The van der Waals surface area contributed by atoms with Crippen LogP contribution in [0, 0.1) is 0 Å². The summed E-state index contributed by atoms with van der Waals surface area (Å²) in [4.78, 5) is 37.7. The van der Waals surface area contributed by atoms with Gasteiger partial charge in [0.15, 0.2) is 11.4 Å². The molecule has 0 aliphatic rings. The van der Waals surface area contributed by atoms with Crippen LogP contribution in [0.4, 0.5) is 10.1 Å². The number of hydrogen-bond acceptors (Lipinski definition) is 7. The Labute approximate surface area is 219 Å². The molecule has 0 spiro atoms. The highest BCUT2D eigenvalue weighted by Crippen LogP contribution is 2.27. The lowest BCUT2D eigenvalue weighted by Crippen LogP contribution is -2.33. The van der Waals surface area contributed by atoms with Crippen molar-refractivity contribution in [3.63, 3.8) is 0 Å². The van der Waals surface area contributed by atoms with Crippen LogP contribution in [0.1, 0.15) is 58.2 Å². The van der Waals surface area contributed by atoms with Crippen LogP contribution >= 0.6 is 0 Å². The fourth-order valence-corrected chi connectivity index (χ4v) is 4.01. The Kier molecular flexibility index (Phi) is 8.19. The number of aryl methyl sites for hydroxylation is 1. The molecule has 200 valence electrons. The van der Waals surface area contributed by atoms with E-state index in [9.17, 15) is 14.0 Å². The lowest BCUT2D eigenvalue weighted by Gasteiger charge is -2.24. The number of pyridine rings is 1. The minimum atomic E-state index is -0.653. The van der Waals surface area contributed by atoms with Gasteiger partial charge in [0.05, 0.1) is 24.1 Å². The lowest BCUT2D eigenvalue weighted by molar-refractivity contribution is -0.115. The fraction of sp³-hybridized carbons (Fsp3) is 0.393. The number of carbonyl (C=O) groups is 1. The number of carbonyl (C=O) groups excluding carboxylic acids is 1. The number of oxazole rings is 1. The second kappa shape index (κ2) is 11.5. The highest BCUT2D eigenvalue weighted by atomic mass is 19.1. The number of H-pyrrole nitrogens is 1. The van der Waals surface area contributed by atoms with Crippen LogP contribution in [0.25, 0.3) is 22.2 Å². The molecule has 0 aliphatic heterocycles. The maximum Gasteiger partial charge on any atom is 0.417 e. The van der Waals surface area contributed by atoms with Crippen molar-refractivity contribution in [1.82, 2.24) is 20.1 Å². The molecule has 1 aromatic carbocycles. The summed E-state index contributed by atoms with van der Waals surface area (Å²) in [5, 5.41) is 4.06. The topological polar surface area (TPSA) is 118 Å². The third-order valence-electron chi connectivity index (χ3n) is 6.13. The third kappa shape index (κ3) is 6.42. The molecule has 38 heavy (non-hydrogen) atoms. The zero-order valence-electron chi connectivity index (χ0n) is 21.9. The fourth-order valence-electron chi connectivity index (χ4n) is 4.01. The number of unbranched alkanes of at least 4 members (excludes halogenated alkanes) is 2. The number of anilines is 1. The van der Waals surface area contributed by atoms with Gasteiger partial charge in [-0.05, 0) is 36.6 Å². The number of halogens is 1. The molecular formula is C28H32FN5O4. The number of aromatic amines is 1. The molecule has 0 bridgehead atoms. The molecule has 0 saturated heterocycles. The molecule has 9 nitrogen and oxygen atoms in total. The molecule has 3 aromatic heterocycles. The Morgan fingerprint density at radius 2 is 1.95 bits per heavy atom. The van der Waals surface area contributed by atoms with Gasteiger partial charge in [-0.3, -0.25) is 19.2 Å². The van der Waals surface area contributed by atoms with Gasteiger partial charge in [0, 0.05) is 42.1 Å². The summed E-state index contributed by atoms with van der Waals surface area (Å²) in [6.07, 6.45) is 6.29. The lowest BCUT2D eigenvalue weighted by atomic mass is 9.97. The van der Waals surface area contributed by atoms with Gasteiger partial charge in [-0.2, -0.15) is 4.98 Å². The number of fused-ring (bicyclic) bond motifs is 1. The number of amides is 1. The molecule has 0 aliphatic carbocycles. The summed E-state index contributed by atoms with van der Waals surface area (Å²) < 4.78 is 23.5. The SMILES string of the molecule is C=C(CCF)C(=O)N(CCCCCc1noc(C(C)(C)C)n1)c1cncc(-c2ccc3[nH]c(=O)oc3c2)c1. The first-order valence-electron chi connectivity index (χ1n) is 12.6. The number of aromatic nitrogens is 4. The van der Waals surface area contributed by atoms with Crippen LogP contribution in [-0.2, 0) is 16.6 Å². The normalized spacial score (nSPS) is 11.7. The van der Waals surface area contributed by atoms with Crippen molar-refractivity contribution in [2.24, 2.45) is 0 Å². The summed E-state index contributed by atoms with van der Waals surface area (Å²) in [6.45, 7) is 9.62. The van der Waals surface area contributed by atoms with E-state index < -0.39 is 12.4 Å². The Balaban J connectivity index is 1.46. The summed E-state index contributed by atoms with van der Waals surface area (Å²) >= 11 is 0. The summed E-state index contributed by atoms with van der Waals surface area (Å²) in [7, 11) is 0. The van der Waals surface area contributed by atoms with Gasteiger partial charge in [0.25, 0.3) is 5.91 Å². The number of nitrogens with one attached hydrogen (secondary N) is 1. The van der Waals surface area contributed by atoms with Crippen molar-refractivity contribution in [2.75, 3.05) is 18.1 Å². The number of rotatable bonds is 11. The van der Waals surface area contributed by atoms with Gasteiger partial charge < -0.3 is 13.8 Å². The average Bonchev–Trinajstić information content (AvgIpc) is 3.51. The van der Waals surface area contributed by atoms with Gasteiger partial charge in [0.2, 0.25) is 5.89 Å². The molecule has 4 rings (SSSR count). The number of benzene rings is 1. The molecule has 4 aromatic rings. The zero-order valence-corrected chi connectivity index (χ0v) is 21.9. The minimum Gasteiger partial charge on any atom is -0.408 e. The van der Waals surface area contributed by atoms with Crippen LogP contribution in [0.2, 0.25) is 0 Å². The molecular weight excluding hydrogens is 489 g/mol. The summed E-state index contributed by atoms with van der Waals surface area (Å²) in [5.41, 5.74) is 3.13. The maximum absolute atomic E-state index is 13.2. The van der Waals surface area contributed by atoms with E-state index in [0.717, 1.165) is 24.0 Å². The second-order valence-corrected chi connectivity index (χ2v) is 10.2. The van der Waals surface area contributed by atoms with Crippen LogP contribution in [-0.4, -0.2) is 39.2 Å². The first-order chi connectivity index (χ1) is 18.2. The van der Waals surface area contributed by atoms with E-state index in [4.69, 9.17) is 8.94 Å². The highest BCUT2D eigenvalue weighted by Gasteiger charge is 2.22. The molecule has 0 fully saturated rings. The monoisotopic (exact) mass is 521 g/mol. The maximum atomic E-state index is 13.2. The van der Waals surface area contributed by atoms with Crippen LogP contribution in [0.3, 0.4) is 0 Å². The molecule has 1 amide bonds. The first-order valence-corrected chi connectivity index (χ1v) is 12.6. The Hall–Kier alpha value is -4.08. The highest BCUT2D eigenvalue weighted by molar-refractivity contribution is 6.05. The van der Waals surface area contributed by atoms with Gasteiger partial charge in [-0.15, -0.1) is 0 Å². The van der Waals surface area contributed by atoms with Gasteiger partial charge in [-0.25, -0.2) is 4.79 Å². The van der Waals surface area contributed by atoms with E-state index in [2.05, 4.69) is 26.7 Å². The molecule has 3 heterocycles. The second-order valence-electron chi connectivity index (χ2n) is 10.2. The Morgan fingerprint density at radius 3 is 2.68 bits per heavy atom. The third-order valence-corrected chi connectivity index (χ3v) is 6.13. The quantitative estimate of drug-likeness (QED) is 0.204. The van der Waals surface area contributed by atoms with E-state index in [1.165, 1.54) is 0 Å². The van der Waals surface area contributed by atoms with Crippen molar-refractivity contribution in [3.05, 3.63) is 71.1 Å². The minimum absolute atomic E-state index is 0.0282. The predicted molar refractivity (Wildman–Crippen MR) is 143 cm³/mol. The van der Waals surface area contributed by atoms with E-state index in [1.54, 1.807) is 29.4 Å². The smallest absolute Gasteiger partial charge is 0.408 e. The van der Waals surface area contributed by atoms with Crippen molar-refractivity contribution < 1.29 is 18.1 Å².